The number of benzene rings is 1. The number of hydrogen-bond donors (Lipinski definition) is 1. The number of piperidine rings is 1. The molecule has 162 valence electrons. The molecule has 0 spiro atoms. The molecular formula is C19H24Cl2F3N3O2. The summed E-state index contributed by atoms with van der Waals surface area (Å²) in [4.78, 5) is 27.9. The maximum atomic E-state index is 12.7. The molecule has 1 aliphatic rings. The second-order valence-electron chi connectivity index (χ2n) is 7.22. The second kappa shape index (κ2) is 10.5. The Morgan fingerprint density at radius 3 is 2.66 bits per heavy atom. The van der Waals surface area contributed by atoms with Crippen molar-refractivity contribution >= 4 is 35.0 Å². The van der Waals surface area contributed by atoms with Gasteiger partial charge in [0.05, 0.1) is 22.5 Å². The third-order valence-electron chi connectivity index (χ3n) is 4.71. The molecule has 1 atom stereocenters. The topological polar surface area (TPSA) is 52.7 Å². The van der Waals surface area contributed by atoms with E-state index in [2.05, 4.69) is 5.32 Å². The minimum absolute atomic E-state index is 0.185. The van der Waals surface area contributed by atoms with Gasteiger partial charge in [-0.05, 0) is 51.1 Å². The monoisotopic (exact) mass is 453 g/mol. The first kappa shape index (κ1) is 23.8. The number of hydrogen-bond acceptors (Lipinski definition) is 3. The van der Waals surface area contributed by atoms with Crippen molar-refractivity contribution in [1.82, 2.24) is 15.1 Å². The smallest absolute Gasteiger partial charge is 0.356 e. The highest BCUT2D eigenvalue weighted by Crippen LogP contribution is 2.25. The van der Waals surface area contributed by atoms with Gasteiger partial charge in [0.2, 0.25) is 5.91 Å². The van der Waals surface area contributed by atoms with Crippen LogP contribution in [0.5, 0.6) is 0 Å². The fraction of sp³-hybridized carbons (Fsp3) is 0.579. The van der Waals surface area contributed by atoms with Crippen LogP contribution in [0.4, 0.5) is 13.2 Å². The molecule has 10 heteroatoms. The average Bonchev–Trinajstić information content (AvgIpc) is 2.65. The van der Waals surface area contributed by atoms with Crippen molar-refractivity contribution in [3.63, 3.8) is 0 Å². The van der Waals surface area contributed by atoms with Crippen LogP contribution in [0.15, 0.2) is 18.2 Å². The predicted octanol–water partition coefficient (Wildman–Crippen LogP) is 3.85. The summed E-state index contributed by atoms with van der Waals surface area (Å²) >= 11 is 11.9. The Labute approximate surface area is 178 Å². The molecule has 0 bridgehead atoms. The number of halogens is 5. The summed E-state index contributed by atoms with van der Waals surface area (Å²) in [6.45, 7) is 0.379. The molecule has 0 radical (unpaired) electrons. The largest absolute Gasteiger partial charge is 0.401 e. The number of carbonyl (C=O) groups is 2. The van der Waals surface area contributed by atoms with Crippen molar-refractivity contribution in [2.45, 2.75) is 25.4 Å². The van der Waals surface area contributed by atoms with Crippen molar-refractivity contribution in [2.75, 3.05) is 39.8 Å². The van der Waals surface area contributed by atoms with E-state index in [9.17, 15) is 22.8 Å². The summed E-state index contributed by atoms with van der Waals surface area (Å²) in [5, 5.41) is 3.42. The summed E-state index contributed by atoms with van der Waals surface area (Å²) in [6, 6.07) is 4.66. The Balaban J connectivity index is 1.80. The number of nitrogens with zero attached hydrogens (tertiary/aromatic N) is 2. The maximum Gasteiger partial charge on any atom is 0.401 e. The van der Waals surface area contributed by atoms with Crippen LogP contribution < -0.4 is 5.32 Å². The van der Waals surface area contributed by atoms with Gasteiger partial charge in [-0.25, -0.2) is 0 Å². The van der Waals surface area contributed by atoms with Gasteiger partial charge in [-0.3, -0.25) is 14.5 Å². The summed E-state index contributed by atoms with van der Waals surface area (Å²) in [5.74, 6) is -0.742. The SMILES string of the molecule is CN(CCCNC(=O)C1CCCN(C(=O)c2ccc(Cl)c(Cl)c2)C1)CC(F)(F)F. The molecular weight excluding hydrogens is 430 g/mol. The Hall–Kier alpha value is -1.51. The maximum absolute atomic E-state index is 12.7. The Morgan fingerprint density at radius 1 is 1.28 bits per heavy atom. The van der Waals surface area contributed by atoms with Crippen LogP contribution in [0.2, 0.25) is 10.0 Å². The molecule has 0 aromatic heterocycles. The van der Waals surface area contributed by atoms with Crippen molar-refractivity contribution in [1.29, 1.82) is 0 Å². The van der Waals surface area contributed by atoms with Crippen LogP contribution in [0.3, 0.4) is 0 Å². The van der Waals surface area contributed by atoms with Crippen molar-refractivity contribution in [3.05, 3.63) is 33.8 Å². The highest BCUT2D eigenvalue weighted by atomic mass is 35.5. The van der Waals surface area contributed by atoms with Crippen LogP contribution >= 0.6 is 23.2 Å². The number of likely N-dealkylation sites (tertiary alicyclic amines) is 1. The number of carbonyl (C=O) groups excluding carboxylic acids is 2. The molecule has 1 saturated heterocycles. The quantitative estimate of drug-likeness (QED) is 0.637. The summed E-state index contributed by atoms with van der Waals surface area (Å²) in [7, 11) is 1.39. The van der Waals surface area contributed by atoms with E-state index in [1.165, 1.54) is 18.0 Å². The fourth-order valence-electron chi connectivity index (χ4n) is 3.28. The van der Waals surface area contributed by atoms with Crippen LogP contribution in [0.25, 0.3) is 0 Å². The van der Waals surface area contributed by atoms with Gasteiger partial charge in [0, 0.05) is 25.2 Å². The van der Waals surface area contributed by atoms with Gasteiger partial charge in [0.15, 0.2) is 0 Å². The lowest BCUT2D eigenvalue weighted by atomic mass is 9.96. The van der Waals surface area contributed by atoms with Gasteiger partial charge < -0.3 is 10.2 Å². The molecule has 1 N–H and O–H groups in total. The highest BCUT2D eigenvalue weighted by Gasteiger charge is 2.30. The Morgan fingerprint density at radius 2 is 2.00 bits per heavy atom. The molecule has 1 aliphatic heterocycles. The lowest BCUT2D eigenvalue weighted by Gasteiger charge is -2.32. The van der Waals surface area contributed by atoms with Gasteiger partial charge in [0.25, 0.3) is 5.91 Å². The van der Waals surface area contributed by atoms with Gasteiger partial charge in [0.1, 0.15) is 0 Å². The van der Waals surface area contributed by atoms with E-state index >= 15 is 0 Å². The minimum atomic E-state index is -4.23. The van der Waals surface area contributed by atoms with E-state index < -0.39 is 12.7 Å². The molecule has 1 aromatic rings. The number of rotatable bonds is 7. The number of amides is 2. The highest BCUT2D eigenvalue weighted by molar-refractivity contribution is 6.42. The van der Waals surface area contributed by atoms with Gasteiger partial charge in [-0.1, -0.05) is 23.2 Å². The zero-order valence-corrected chi connectivity index (χ0v) is 17.6. The van der Waals surface area contributed by atoms with Crippen molar-refractivity contribution < 1.29 is 22.8 Å². The first-order valence-electron chi connectivity index (χ1n) is 9.34. The summed E-state index contributed by atoms with van der Waals surface area (Å²) in [5.41, 5.74) is 0.410. The van der Waals surface area contributed by atoms with Crippen molar-refractivity contribution in [2.24, 2.45) is 5.92 Å². The normalized spacial score (nSPS) is 17.5. The lowest BCUT2D eigenvalue weighted by Crippen LogP contribution is -2.45. The predicted molar refractivity (Wildman–Crippen MR) is 106 cm³/mol. The molecule has 1 unspecified atom stereocenters. The molecule has 2 rings (SSSR count). The second-order valence-corrected chi connectivity index (χ2v) is 8.03. The molecule has 1 aromatic carbocycles. The molecule has 5 nitrogen and oxygen atoms in total. The summed E-state index contributed by atoms with van der Waals surface area (Å²) < 4.78 is 36.9. The van der Waals surface area contributed by atoms with Gasteiger partial charge in [-0.15, -0.1) is 0 Å². The molecule has 0 saturated carbocycles. The first-order chi connectivity index (χ1) is 13.6. The Kier molecular flexibility index (Phi) is 8.60. The van der Waals surface area contributed by atoms with E-state index in [-0.39, 0.29) is 30.8 Å². The van der Waals surface area contributed by atoms with Crippen LogP contribution in [-0.4, -0.2) is 67.6 Å². The van der Waals surface area contributed by atoms with Gasteiger partial charge >= 0.3 is 6.18 Å². The number of alkyl halides is 3. The third-order valence-corrected chi connectivity index (χ3v) is 5.45. The van der Waals surface area contributed by atoms with Crippen molar-refractivity contribution in [3.8, 4) is 0 Å². The average molecular weight is 454 g/mol. The molecule has 0 aliphatic carbocycles. The molecule has 1 fully saturated rings. The molecule has 1 heterocycles. The molecule has 2 amide bonds. The van der Waals surface area contributed by atoms with E-state index in [0.29, 0.717) is 48.0 Å². The molecule has 29 heavy (non-hydrogen) atoms. The van der Waals surface area contributed by atoms with Crippen LogP contribution in [-0.2, 0) is 4.79 Å². The summed E-state index contributed by atoms with van der Waals surface area (Å²) in [6.07, 6.45) is -2.47. The minimum Gasteiger partial charge on any atom is -0.356 e. The standard InChI is InChI=1S/C19H24Cl2F3N3O2/c1-26(12-19(22,23)24)8-3-7-25-17(28)14-4-2-9-27(11-14)18(29)13-5-6-15(20)16(21)10-13/h5-6,10,14H,2-4,7-9,11-12H2,1H3,(H,25,28). The van der Waals surface area contributed by atoms with E-state index in [4.69, 9.17) is 23.2 Å². The van der Waals surface area contributed by atoms with Crippen LogP contribution in [0.1, 0.15) is 29.6 Å². The van der Waals surface area contributed by atoms with E-state index in [1.807, 2.05) is 0 Å². The zero-order valence-electron chi connectivity index (χ0n) is 16.1. The number of nitrogens with one attached hydrogen (secondary N) is 1. The lowest BCUT2D eigenvalue weighted by molar-refractivity contribution is -0.143. The van der Waals surface area contributed by atoms with E-state index in [1.54, 1.807) is 17.0 Å². The first-order valence-corrected chi connectivity index (χ1v) is 10.1. The fourth-order valence-corrected chi connectivity index (χ4v) is 3.58. The van der Waals surface area contributed by atoms with Gasteiger partial charge in [-0.2, -0.15) is 13.2 Å². The van der Waals surface area contributed by atoms with E-state index in [0.717, 1.165) is 0 Å². The third kappa shape index (κ3) is 7.68. The van der Waals surface area contributed by atoms with Crippen LogP contribution in [0, 0.1) is 5.92 Å². The zero-order chi connectivity index (χ0) is 21.6. The Bertz CT molecular complexity index is 731.